The molecule has 0 spiro atoms. The van der Waals surface area contributed by atoms with Gasteiger partial charge in [-0.3, -0.25) is 19.8 Å². The smallest absolute Gasteiger partial charge is 0.137 e. The Morgan fingerprint density at radius 2 is 0.800 bits per heavy atom. The van der Waals surface area contributed by atoms with Crippen LogP contribution in [0, 0.1) is 0 Å². The number of hydrogen-bond donors (Lipinski definition) is 0. The second-order valence-electron chi connectivity index (χ2n) is 17.9. The first kappa shape index (κ1) is 39.6. The van der Waals surface area contributed by atoms with Crippen LogP contribution in [0.5, 0.6) is 0 Å². The van der Waals surface area contributed by atoms with Gasteiger partial charge in [0.15, 0.2) is 0 Å². The minimum Gasteiger partial charge on any atom is -0.295 e. The lowest BCUT2D eigenvalue weighted by molar-refractivity contribution is 1.16. The zero-order chi connectivity index (χ0) is 46.1. The van der Waals surface area contributed by atoms with Crippen LogP contribution in [0.1, 0.15) is 0 Å². The Morgan fingerprint density at radius 1 is 0.257 bits per heavy atom. The standard InChI is InChI=1S/C64H40N6/c1-2-16-52-51(15-1)56-19-7-17-54-49(25-27-58(52)63(54)56)43-11-6-13-47(37-43)70(48-14-9-32-66-40-48)62-29-23-44(39-68-62)41-22-24-53-59-28-26-50(55-18-8-20-57(64(55)59)60(53)38-41)42-10-5-12-46(36-42)69(45-30-34-65-35-31-45)61-21-3-4-33-67-61/h1-40H. The molecule has 4 heterocycles. The highest BCUT2D eigenvalue weighted by atomic mass is 15.2. The van der Waals surface area contributed by atoms with E-state index in [4.69, 9.17) is 9.97 Å². The number of rotatable bonds is 9. The molecule has 0 unspecified atom stereocenters. The number of benzene rings is 8. The summed E-state index contributed by atoms with van der Waals surface area (Å²) in [5.74, 6) is 1.65. The first-order valence-corrected chi connectivity index (χ1v) is 23.6. The molecule has 0 fully saturated rings. The molecule has 6 heteroatoms. The Bertz CT molecular complexity index is 3940. The molecule has 4 aromatic heterocycles. The van der Waals surface area contributed by atoms with Crippen molar-refractivity contribution >= 4 is 55.9 Å². The van der Waals surface area contributed by atoms with Gasteiger partial charge >= 0.3 is 0 Å². The van der Waals surface area contributed by atoms with Crippen molar-refractivity contribution in [3.8, 4) is 77.9 Å². The lowest BCUT2D eigenvalue weighted by Gasteiger charge is -2.24. The van der Waals surface area contributed by atoms with Crippen molar-refractivity contribution in [1.82, 2.24) is 19.9 Å². The SMILES string of the molecule is c1ccc(N(c2ccncc2)c2cccc(-c3ccc4c5c(cccc35)-c3cc(-c5ccc(N(c6cccnc6)c6cccc(-c7ccc8c9c(cccc79)-c7ccccc7-8)c6)nc5)ccc3-4)c2)nc1. The highest BCUT2D eigenvalue weighted by Gasteiger charge is 2.26. The average molecular weight is 893 g/mol. The quantitative estimate of drug-likeness (QED) is 0.144. The molecule has 2 aliphatic carbocycles. The summed E-state index contributed by atoms with van der Waals surface area (Å²) in [5.41, 5.74) is 21.0. The third-order valence-corrected chi connectivity index (χ3v) is 14.0. The maximum Gasteiger partial charge on any atom is 0.137 e. The topological polar surface area (TPSA) is 58.0 Å². The number of pyridine rings is 4. The molecule has 0 radical (unpaired) electrons. The van der Waals surface area contributed by atoms with Crippen LogP contribution in [0.15, 0.2) is 243 Å². The number of fused-ring (bicyclic) bond motifs is 6. The van der Waals surface area contributed by atoms with E-state index < -0.39 is 0 Å². The molecule has 0 N–H and O–H groups in total. The summed E-state index contributed by atoms with van der Waals surface area (Å²) in [6.07, 6.45) is 11.2. The molecular weight excluding hydrogens is 853 g/mol. The van der Waals surface area contributed by atoms with Gasteiger partial charge in [-0.15, -0.1) is 0 Å². The van der Waals surface area contributed by atoms with Crippen LogP contribution in [-0.2, 0) is 0 Å². The molecule has 6 nitrogen and oxygen atoms in total. The van der Waals surface area contributed by atoms with Gasteiger partial charge in [-0.2, -0.15) is 0 Å². The van der Waals surface area contributed by atoms with Gasteiger partial charge in [-0.05, 0) is 173 Å². The second kappa shape index (κ2) is 16.1. The Balaban J connectivity index is 0.801. The molecule has 8 aromatic carbocycles. The summed E-state index contributed by atoms with van der Waals surface area (Å²) >= 11 is 0. The van der Waals surface area contributed by atoms with E-state index in [9.17, 15) is 0 Å². The normalized spacial score (nSPS) is 11.7. The lowest BCUT2D eigenvalue weighted by Crippen LogP contribution is -2.11. The van der Waals surface area contributed by atoms with Gasteiger partial charge < -0.3 is 0 Å². The molecule has 0 aliphatic heterocycles. The van der Waals surface area contributed by atoms with E-state index in [1.807, 2.05) is 73.6 Å². The maximum absolute atomic E-state index is 5.18. The number of nitrogens with zero attached hydrogens (tertiary/aromatic N) is 6. The van der Waals surface area contributed by atoms with Crippen LogP contribution in [-0.4, -0.2) is 19.9 Å². The third kappa shape index (κ3) is 6.35. The van der Waals surface area contributed by atoms with Crippen molar-refractivity contribution in [3.05, 3.63) is 243 Å². The fourth-order valence-corrected chi connectivity index (χ4v) is 11.0. The summed E-state index contributed by atoms with van der Waals surface area (Å²) < 4.78 is 0. The Hall–Kier alpha value is -9.52. The minimum atomic E-state index is 0.809. The van der Waals surface area contributed by atoms with Crippen LogP contribution >= 0.6 is 0 Å². The Labute approximate surface area is 405 Å². The molecule has 0 amide bonds. The molecule has 326 valence electrons. The number of hydrogen-bond acceptors (Lipinski definition) is 6. The van der Waals surface area contributed by atoms with Crippen molar-refractivity contribution in [1.29, 1.82) is 0 Å². The second-order valence-corrected chi connectivity index (χ2v) is 17.9. The van der Waals surface area contributed by atoms with Crippen LogP contribution in [0.25, 0.3) is 99.4 Å². The summed E-state index contributed by atoms with van der Waals surface area (Å²) in [6.45, 7) is 0. The molecule has 14 rings (SSSR count). The molecule has 2 aliphatic rings. The first-order chi connectivity index (χ1) is 34.7. The highest BCUT2D eigenvalue weighted by molar-refractivity contribution is 6.20. The van der Waals surface area contributed by atoms with Crippen LogP contribution < -0.4 is 9.80 Å². The van der Waals surface area contributed by atoms with E-state index in [1.54, 1.807) is 0 Å². The van der Waals surface area contributed by atoms with E-state index in [-0.39, 0.29) is 0 Å². The van der Waals surface area contributed by atoms with Crippen molar-refractivity contribution in [2.24, 2.45) is 0 Å². The van der Waals surface area contributed by atoms with E-state index >= 15 is 0 Å². The van der Waals surface area contributed by atoms with Crippen molar-refractivity contribution in [2.45, 2.75) is 0 Å². The summed E-state index contributed by atoms with van der Waals surface area (Å²) in [4.78, 5) is 23.1. The largest absolute Gasteiger partial charge is 0.295 e. The van der Waals surface area contributed by atoms with Gasteiger partial charge in [-0.1, -0.05) is 127 Å². The van der Waals surface area contributed by atoms with Gasteiger partial charge in [0.1, 0.15) is 11.6 Å². The van der Waals surface area contributed by atoms with Gasteiger partial charge in [-0.25, -0.2) is 9.97 Å². The first-order valence-electron chi connectivity index (χ1n) is 23.6. The monoisotopic (exact) mass is 892 g/mol. The zero-order valence-electron chi connectivity index (χ0n) is 37.8. The third-order valence-electron chi connectivity index (χ3n) is 14.0. The molecule has 0 saturated heterocycles. The predicted molar refractivity (Wildman–Crippen MR) is 287 cm³/mol. The fourth-order valence-electron chi connectivity index (χ4n) is 11.0. The van der Waals surface area contributed by atoms with Crippen molar-refractivity contribution < 1.29 is 0 Å². The van der Waals surface area contributed by atoms with Crippen molar-refractivity contribution in [3.63, 3.8) is 0 Å². The van der Waals surface area contributed by atoms with Crippen LogP contribution in [0.2, 0.25) is 0 Å². The van der Waals surface area contributed by atoms with E-state index in [0.29, 0.717) is 0 Å². The van der Waals surface area contributed by atoms with Crippen LogP contribution in [0.4, 0.5) is 34.4 Å². The van der Waals surface area contributed by atoms with Gasteiger partial charge in [0.25, 0.3) is 0 Å². The van der Waals surface area contributed by atoms with Gasteiger partial charge in [0.05, 0.1) is 17.6 Å². The lowest BCUT2D eigenvalue weighted by atomic mass is 9.94. The van der Waals surface area contributed by atoms with E-state index in [0.717, 1.165) is 56.6 Å². The number of anilines is 6. The molecule has 0 bridgehead atoms. The molecular formula is C64H40N6. The van der Waals surface area contributed by atoms with Gasteiger partial charge in [0, 0.05) is 47.9 Å². The summed E-state index contributed by atoms with van der Waals surface area (Å²) in [7, 11) is 0. The zero-order valence-corrected chi connectivity index (χ0v) is 37.8. The number of aromatic nitrogens is 4. The maximum atomic E-state index is 5.18. The van der Waals surface area contributed by atoms with E-state index in [1.165, 1.54) is 77.2 Å². The van der Waals surface area contributed by atoms with E-state index in [2.05, 4.69) is 190 Å². The van der Waals surface area contributed by atoms with Gasteiger partial charge in [0.2, 0.25) is 0 Å². The summed E-state index contributed by atoms with van der Waals surface area (Å²) in [6, 6.07) is 74.0. The predicted octanol–water partition coefficient (Wildman–Crippen LogP) is 16.8. The minimum absolute atomic E-state index is 0.809. The van der Waals surface area contributed by atoms with Crippen molar-refractivity contribution in [2.75, 3.05) is 9.80 Å². The molecule has 0 saturated carbocycles. The molecule has 70 heavy (non-hydrogen) atoms. The molecule has 0 atom stereocenters. The average Bonchev–Trinajstić information content (AvgIpc) is 3.94. The molecule has 12 aromatic rings. The highest BCUT2D eigenvalue weighted by Crippen LogP contribution is 2.52. The Kier molecular flexibility index (Phi) is 9.10. The summed E-state index contributed by atoms with van der Waals surface area (Å²) in [5, 5.41) is 5.07. The fraction of sp³-hybridized carbons (Fsp3) is 0. The Morgan fingerprint density at radius 3 is 1.43 bits per heavy atom. The van der Waals surface area contributed by atoms with Crippen LogP contribution in [0.3, 0.4) is 0 Å².